The van der Waals surface area contributed by atoms with Crippen molar-refractivity contribution < 1.29 is 13.9 Å². The zero-order valence-electron chi connectivity index (χ0n) is 13.4. The van der Waals surface area contributed by atoms with E-state index in [1.165, 1.54) is 6.39 Å². The summed E-state index contributed by atoms with van der Waals surface area (Å²) in [7, 11) is 0. The topological polar surface area (TPSA) is 77.2 Å². The van der Waals surface area contributed by atoms with Crippen molar-refractivity contribution in [3.05, 3.63) is 60.5 Å². The van der Waals surface area contributed by atoms with Gasteiger partial charge in [0.1, 0.15) is 5.75 Å². The van der Waals surface area contributed by atoms with E-state index >= 15 is 0 Å². The molecule has 0 unspecified atom stereocenters. The molecule has 0 saturated heterocycles. The molecule has 3 aromatic rings. The van der Waals surface area contributed by atoms with E-state index in [1.54, 1.807) is 31.2 Å². The SMILES string of the molecule is Cc1cccc(NC(=O)[C@H](C)Oc2ccc(-c3nnco3)cc2)c1. The first-order chi connectivity index (χ1) is 11.6. The third-order valence-electron chi connectivity index (χ3n) is 3.43. The Morgan fingerprint density at radius 1 is 1.21 bits per heavy atom. The van der Waals surface area contributed by atoms with E-state index in [4.69, 9.17) is 9.15 Å². The van der Waals surface area contributed by atoms with Crippen LogP contribution in [-0.2, 0) is 4.79 Å². The van der Waals surface area contributed by atoms with Gasteiger partial charge in [-0.3, -0.25) is 4.79 Å². The van der Waals surface area contributed by atoms with E-state index in [-0.39, 0.29) is 5.91 Å². The lowest BCUT2D eigenvalue weighted by Crippen LogP contribution is -2.30. The second-order valence-corrected chi connectivity index (χ2v) is 5.39. The monoisotopic (exact) mass is 323 g/mol. The zero-order chi connectivity index (χ0) is 16.9. The number of carbonyl (C=O) groups excluding carboxylic acids is 1. The highest BCUT2D eigenvalue weighted by Gasteiger charge is 2.15. The maximum Gasteiger partial charge on any atom is 0.265 e. The average molecular weight is 323 g/mol. The van der Waals surface area contributed by atoms with Crippen LogP contribution in [0.4, 0.5) is 5.69 Å². The molecule has 24 heavy (non-hydrogen) atoms. The smallest absolute Gasteiger partial charge is 0.265 e. The van der Waals surface area contributed by atoms with E-state index in [9.17, 15) is 4.79 Å². The Bertz CT molecular complexity index is 814. The lowest BCUT2D eigenvalue weighted by Gasteiger charge is -2.15. The maximum absolute atomic E-state index is 12.2. The molecular weight excluding hydrogens is 306 g/mol. The molecule has 1 N–H and O–H groups in total. The molecular formula is C18H17N3O3. The fourth-order valence-corrected chi connectivity index (χ4v) is 2.20. The number of aromatic nitrogens is 2. The molecule has 0 aliphatic carbocycles. The molecule has 0 spiro atoms. The van der Waals surface area contributed by atoms with Gasteiger partial charge in [0, 0.05) is 11.3 Å². The molecule has 6 nitrogen and oxygen atoms in total. The van der Waals surface area contributed by atoms with Crippen LogP contribution >= 0.6 is 0 Å². The van der Waals surface area contributed by atoms with E-state index in [0.29, 0.717) is 11.6 Å². The number of nitrogens with zero attached hydrogens (tertiary/aromatic N) is 2. The van der Waals surface area contributed by atoms with Crippen LogP contribution in [0.5, 0.6) is 5.75 Å². The molecule has 122 valence electrons. The van der Waals surface area contributed by atoms with Crippen LogP contribution in [0.3, 0.4) is 0 Å². The number of hydrogen-bond donors (Lipinski definition) is 1. The number of aryl methyl sites for hydroxylation is 1. The van der Waals surface area contributed by atoms with Crippen LogP contribution in [0.2, 0.25) is 0 Å². The van der Waals surface area contributed by atoms with Gasteiger partial charge in [-0.05, 0) is 55.8 Å². The van der Waals surface area contributed by atoms with Gasteiger partial charge < -0.3 is 14.5 Å². The van der Waals surface area contributed by atoms with Crippen molar-refractivity contribution in [3.63, 3.8) is 0 Å². The summed E-state index contributed by atoms with van der Waals surface area (Å²) in [6.07, 6.45) is 0.650. The molecule has 1 amide bonds. The molecule has 1 aromatic heterocycles. The summed E-state index contributed by atoms with van der Waals surface area (Å²) in [4.78, 5) is 12.2. The highest BCUT2D eigenvalue weighted by Crippen LogP contribution is 2.21. The number of rotatable bonds is 5. The van der Waals surface area contributed by atoms with Gasteiger partial charge in [-0.2, -0.15) is 0 Å². The second-order valence-electron chi connectivity index (χ2n) is 5.39. The van der Waals surface area contributed by atoms with Gasteiger partial charge in [0.25, 0.3) is 5.91 Å². The molecule has 0 radical (unpaired) electrons. The van der Waals surface area contributed by atoms with Crippen LogP contribution < -0.4 is 10.1 Å². The Labute approximate surface area is 139 Å². The number of amides is 1. The van der Waals surface area contributed by atoms with Crippen LogP contribution in [0.15, 0.2) is 59.3 Å². The zero-order valence-corrected chi connectivity index (χ0v) is 13.4. The Balaban J connectivity index is 1.61. The third kappa shape index (κ3) is 3.78. The lowest BCUT2D eigenvalue weighted by molar-refractivity contribution is -0.122. The number of nitrogens with one attached hydrogen (secondary N) is 1. The van der Waals surface area contributed by atoms with E-state index < -0.39 is 6.10 Å². The molecule has 1 heterocycles. The highest BCUT2D eigenvalue weighted by atomic mass is 16.5. The van der Waals surface area contributed by atoms with Crippen molar-refractivity contribution in [3.8, 4) is 17.2 Å². The molecule has 0 aliphatic heterocycles. The number of anilines is 1. The molecule has 0 bridgehead atoms. The van der Waals surface area contributed by atoms with Crippen LogP contribution in [0, 0.1) is 6.92 Å². The second kappa shape index (κ2) is 6.95. The Kier molecular flexibility index (Phi) is 4.56. The first-order valence-corrected chi connectivity index (χ1v) is 7.52. The molecule has 6 heteroatoms. The van der Waals surface area contributed by atoms with Gasteiger partial charge in [-0.25, -0.2) is 0 Å². The standard InChI is InChI=1S/C18H17N3O3/c1-12-4-3-5-15(10-12)20-17(22)13(2)24-16-8-6-14(7-9-16)18-21-19-11-23-18/h3-11,13H,1-2H3,(H,20,22)/t13-/m0/s1. The van der Waals surface area contributed by atoms with Crippen molar-refractivity contribution >= 4 is 11.6 Å². The van der Waals surface area contributed by atoms with Gasteiger partial charge in [0.2, 0.25) is 12.3 Å². The summed E-state index contributed by atoms with van der Waals surface area (Å²) in [5.74, 6) is 0.818. The Hall–Kier alpha value is -3.15. The predicted octanol–water partition coefficient (Wildman–Crippen LogP) is 3.45. The van der Waals surface area contributed by atoms with Gasteiger partial charge >= 0.3 is 0 Å². The number of ether oxygens (including phenoxy) is 1. The minimum absolute atomic E-state index is 0.207. The summed E-state index contributed by atoms with van der Waals surface area (Å²) in [6.45, 7) is 3.68. The molecule has 0 saturated carbocycles. The van der Waals surface area contributed by atoms with Gasteiger partial charge in [-0.1, -0.05) is 12.1 Å². The van der Waals surface area contributed by atoms with Crippen molar-refractivity contribution in [2.75, 3.05) is 5.32 Å². The molecule has 0 aliphatic rings. The molecule has 1 atom stereocenters. The number of carbonyl (C=O) groups is 1. The minimum Gasteiger partial charge on any atom is -0.481 e. The normalized spacial score (nSPS) is 11.8. The predicted molar refractivity (Wildman–Crippen MR) is 89.6 cm³/mol. The first-order valence-electron chi connectivity index (χ1n) is 7.52. The minimum atomic E-state index is -0.625. The number of hydrogen-bond acceptors (Lipinski definition) is 5. The van der Waals surface area contributed by atoms with Crippen molar-refractivity contribution in [1.29, 1.82) is 0 Å². The van der Waals surface area contributed by atoms with Crippen molar-refractivity contribution in [2.24, 2.45) is 0 Å². The first kappa shape index (κ1) is 15.7. The van der Waals surface area contributed by atoms with Crippen LogP contribution in [0.25, 0.3) is 11.5 Å². The fraction of sp³-hybridized carbons (Fsp3) is 0.167. The van der Waals surface area contributed by atoms with Crippen LogP contribution in [-0.4, -0.2) is 22.2 Å². The quantitative estimate of drug-likeness (QED) is 0.778. The Morgan fingerprint density at radius 2 is 2.00 bits per heavy atom. The third-order valence-corrected chi connectivity index (χ3v) is 3.43. The summed E-state index contributed by atoms with van der Waals surface area (Å²) in [5.41, 5.74) is 2.62. The van der Waals surface area contributed by atoms with E-state index in [0.717, 1.165) is 16.8 Å². The largest absolute Gasteiger partial charge is 0.481 e. The van der Waals surface area contributed by atoms with Crippen LogP contribution in [0.1, 0.15) is 12.5 Å². The molecule has 3 rings (SSSR count). The summed E-state index contributed by atoms with van der Waals surface area (Å²) >= 11 is 0. The molecule has 2 aromatic carbocycles. The number of benzene rings is 2. The summed E-state index contributed by atoms with van der Waals surface area (Å²) < 4.78 is 10.8. The Morgan fingerprint density at radius 3 is 2.67 bits per heavy atom. The van der Waals surface area contributed by atoms with E-state index in [2.05, 4.69) is 15.5 Å². The van der Waals surface area contributed by atoms with Crippen molar-refractivity contribution in [1.82, 2.24) is 10.2 Å². The highest BCUT2D eigenvalue weighted by molar-refractivity contribution is 5.94. The maximum atomic E-state index is 12.2. The fourth-order valence-electron chi connectivity index (χ4n) is 2.20. The lowest BCUT2D eigenvalue weighted by atomic mass is 10.2. The van der Waals surface area contributed by atoms with Crippen molar-refractivity contribution in [2.45, 2.75) is 20.0 Å². The summed E-state index contributed by atoms with van der Waals surface area (Å²) in [6, 6.07) is 14.7. The average Bonchev–Trinajstić information content (AvgIpc) is 3.10. The van der Waals surface area contributed by atoms with Gasteiger partial charge in [0.15, 0.2) is 6.10 Å². The summed E-state index contributed by atoms with van der Waals surface area (Å²) in [5, 5.41) is 10.3. The van der Waals surface area contributed by atoms with Gasteiger partial charge in [0.05, 0.1) is 0 Å². The van der Waals surface area contributed by atoms with Gasteiger partial charge in [-0.15, -0.1) is 10.2 Å². The molecule has 0 fully saturated rings. The van der Waals surface area contributed by atoms with E-state index in [1.807, 2.05) is 31.2 Å².